The van der Waals surface area contributed by atoms with E-state index < -0.39 is 0 Å². The lowest BCUT2D eigenvalue weighted by Crippen LogP contribution is -2.07. The highest BCUT2D eigenvalue weighted by Crippen LogP contribution is 2.08. The number of hydrogen-bond donors (Lipinski definition) is 3. The summed E-state index contributed by atoms with van der Waals surface area (Å²) in [4.78, 5) is 22.2. The van der Waals surface area contributed by atoms with Gasteiger partial charge in [0.2, 0.25) is 0 Å². The lowest BCUT2D eigenvalue weighted by atomic mass is 10.3. The second-order valence-corrected chi connectivity index (χ2v) is 4.04. The molecule has 7 nitrogen and oxygen atoms in total. The molecule has 96 valence electrons. The van der Waals surface area contributed by atoms with Crippen LogP contribution in [-0.2, 0) is 13.0 Å². The van der Waals surface area contributed by atoms with Crippen LogP contribution in [0.25, 0.3) is 0 Å². The number of nitrogens with zero attached hydrogens (tertiary/aromatic N) is 3. The number of aromatic amines is 2. The first-order valence-electron chi connectivity index (χ1n) is 5.89. The van der Waals surface area contributed by atoms with Crippen molar-refractivity contribution in [2.45, 2.75) is 33.2 Å². The Kier molecular flexibility index (Phi) is 3.71. The Morgan fingerprint density at radius 2 is 2.22 bits per heavy atom. The van der Waals surface area contributed by atoms with Gasteiger partial charge in [-0.1, -0.05) is 6.92 Å². The molecule has 0 saturated carbocycles. The van der Waals surface area contributed by atoms with Gasteiger partial charge in [-0.3, -0.25) is 4.98 Å². The summed E-state index contributed by atoms with van der Waals surface area (Å²) in [6.45, 7) is 4.44. The quantitative estimate of drug-likeness (QED) is 0.725. The van der Waals surface area contributed by atoms with Crippen LogP contribution in [0.3, 0.4) is 0 Å². The molecule has 0 radical (unpaired) electrons. The molecule has 0 aromatic carbocycles. The van der Waals surface area contributed by atoms with Crippen molar-refractivity contribution in [3.63, 3.8) is 0 Å². The molecule has 0 unspecified atom stereocenters. The average molecular weight is 248 g/mol. The van der Waals surface area contributed by atoms with Crippen LogP contribution in [-0.4, -0.2) is 25.1 Å². The summed E-state index contributed by atoms with van der Waals surface area (Å²) in [5.74, 6) is 2.12. The summed E-state index contributed by atoms with van der Waals surface area (Å²) in [6, 6.07) is 1.87. The van der Waals surface area contributed by atoms with E-state index in [0.29, 0.717) is 12.4 Å². The molecule has 0 spiro atoms. The molecule has 0 saturated heterocycles. The topological polar surface area (TPSA) is 99.4 Å². The molecule has 0 amide bonds. The molecule has 2 aromatic heterocycles. The summed E-state index contributed by atoms with van der Waals surface area (Å²) in [7, 11) is 0. The van der Waals surface area contributed by atoms with Gasteiger partial charge in [-0.2, -0.15) is 5.10 Å². The van der Waals surface area contributed by atoms with Gasteiger partial charge >= 0.3 is 5.69 Å². The third kappa shape index (κ3) is 3.16. The van der Waals surface area contributed by atoms with Crippen molar-refractivity contribution in [1.82, 2.24) is 25.1 Å². The molecule has 0 atom stereocenters. The van der Waals surface area contributed by atoms with Crippen LogP contribution in [0.4, 0.5) is 5.82 Å². The molecule has 0 aliphatic heterocycles. The van der Waals surface area contributed by atoms with Crippen LogP contribution in [0, 0.1) is 6.92 Å². The van der Waals surface area contributed by atoms with Gasteiger partial charge in [0.1, 0.15) is 17.5 Å². The Balaban J connectivity index is 2.06. The molecule has 18 heavy (non-hydrogen) atoms. The Morgan fingerprint density at radius 3 is 2.89 bits per heavy atom. The lowest BCUT2D eigenvalue weighted by molar-refractivity contribution is 0.822. The highest BCUT2D eigenvalue weighted by atomic mass is 16.1. The molecule has 2 heterocycles. The maximum absolute atomic E-state index is 10.9. The minimum atomic E-state index is -0.308. The third-order valence-corrected chi connectivity index (χ3v) is 2.36. The zero-order valence-corrected chi connectivity index (χ0v) is 10.4. The Labute approximate surface area is 104 Å². The number of aromatic nitrogens is 5. The molecular formula is C11H16N6O. The number of aryl methyl sites for hydroxylation is 2. The molecule has 0 aliphatic carbocycles. The number of H-pyrrole nitrogens is 2. The minimum absolute atomic E-state index is 0.308. The van der Waals surface area contributed by atoms with Gasteiger partial charge in [-0.15, -0.1) is 0 Å². The molecule has 0 fully saturated rings. The first kappa shape index (κ1) is 12.3. The highest BCUT2D eigenvalue weighted by Gasteiger charge is 2.03. The van der Waals surface area contributed by atoms with Crippen LogP contribution < -0.4 is 11.0 Å². The molecule has 2 aromatic rings. The van der Waals surface area contributed by atoms with Crippen LogP contribution in [0.5, 0.6) is 0 Å². The Bertz CT molecular complexity index is 573. The Hall–Kier alpha value is -2.18. The number of anilines is 1. The molecule has 3 N–H and O–H groups in total. The molecule has 0 bridgehead atoms. The second kappa shape index (κ2) is 5.44. The fourth-order valence-corrected chi connectivity index (χ4v) is 1.62. The summed E-state index contributed by atoms with van der Waals surface area (Å²) >= 11 is 0. The fourth-order valence-electron chi connectivity index (χ4n) is 1.62. The minimum Gasteiger partial charge on any atom is -0.363 e. The zero-order valence-electron chi connectivity index (χ0n) is 10.4. The van der Waals surface area contributed by atoms with E-state index in [1.807, 2.05) is 13.0 Å². The maximum atomic E-state index is 10.9. The van der Waals surface area contributed by atoms with E-state index in [4.69, 9.17) is 0 Å². The van der Waals surface area contributed by atoms with E-state index in [1.165, 1.54) is 0 Å². The van der Waals surface area contributed by atoms with Crippen LogP contribution in [0.15, 0.2) is 10.9 Å². The van der Waals surface area contributed by atoms with Crippen molar-refractivity contribution in [1.29, 1.82) is 0 Å². The van der Waals surface area contributed by atoms with Gasteiger partial charge in [0.05, 0.1) is 6.54 Å². The summed E-state index contributed by atoms with van der Waals surface area (Å²) < 4.78 is 0. The van der Waals surface area contributed by atoms with Crippen LogP contribution in [0.1, 0.15) is 30.7 Å². The van der Waals surface area contributed by atoms with Crippen molar-refractivity contribution >= 4 is 5.82 Å². The van der Waals surface area contributed by atoms with Gasteiger partial charge < -0.3 is 5.32 Å². The summed E-state index contributed by atoms with van der Waals surface area (Å²) in [6.07, 6.45) is 1.87. The van der Waals surface area contributed by atoms with Gasteiger partial charge in [0, 0.05) is 18.2 Å². The van der Waals surface area contributed by atoms with Gasteiger partial charge in [0.15, 0.2) is 0 Å². The smallest absolute Gasteiger partial charge is 0.340 e. The number of hydrogen-bond acceptors (Lipinski definition) is 5. The first-order chi connectivity index (χ1) is 8.67. The predicted molar refractivity (Wildman–Crippen MR) is 67.3 cm³/mol. The SMILES string of the molecule is CCCc1nc(C)cc(NCc2n[nH]c(=O)[nH]2)n1. The lowest BCUT2D eigenvalue weighted by Gasteiger charge is -2.06. The van der Waals surface area contributed by atoms with E-state index >= 15 is 0 Å². The predicted octanol–water partition coefficient (Wildman–Crippen LogP) is 0.761. The summed E-state index contributed by atoms with van der Waals surface area (Å²) in [5, 5.41) is 9.24. The van der Waals surface area contributed by atoms with E-state index in [9.17, 15) is 4.79 Å². The van der Waals surface area contributed by atoms with E-state index in [0.717, 1.165) is 30.2 Å². The molecule has 2 rings (SSSR count). The van der Waals surface area contributed by atoms with Crippen molar-refractivity contribution in [3.05, 3.63) is 33.9 Å². The zero-order chi connectivity index (χ0) is 13.0. The van der Waals surface area contributed by atoms with Crippen molar-refractivity contribution < 1.29 is 0 Å². The van der Waals surface area contributed by atoms with Gasteiger partial charge in [0.25, 0.3) is 0 Å². The van der Waals surface area contributed by atoms with Crippen LogP contribution >= 0.6 is 0 Å². The number of nitrogens with one attached hydrogen (secondary N) is 3. The van der Waals surface area contributed by atoms with Gasteiger partial charge in [-0.25, -0.2) is 19.9 Å². The second-order valence-electron chi connectivity index (χ2n) is 4.04. The highest BCUT2D eigenvalue weighted by molar-refractivity contribution is 5.35. The summed E-state index contributed by atoms with van der Waals surface area (Å²) in [5.41, 5.74) is 0.615. The van der Waals surface area contributed by atoms with Crippen LogP contribution in [0.2, 0.25) is 0 Å². The number of rotatable bonds is 5. The Morgan fingerprint density at radius 1 is 1.39 bits per heavy atom. The first-order valence-corrected chi connectivity index (χ1v) is 5.89. The monoisotopic (exact) mass is 248 g/mol. The standard InChI is InChI=1S/C11H16N6O/c1-3-4-8-13-7(2)5-9(14-8)12-6-10-15-11(18)17-16-10/h5H,3-4,6H2,1-2H3,(H,12,13,14)(H2,15,16,17,18). The maximum Gasteiger partial charge on any atom is 0.340 e. The molecule has 0 aliphatic rings. The largest absolute Gasteiger partial charge is 0.363 e. The normalized spacial score (nSPS) is 10.6. The fraction of sp³-hybridized carbons (Fsp3) is 0.455. The van der Waals surface area contributed by atoms with Crippen molar-refractivity contribution in [2.75, 3.05) is 5.32 Å². The van der Waals surface area contributed by atoms with Gasteiger partial charge in [-0.05, 0) is 13.3 Å². The molecule has 7 heteroatoms. The third-order valence-electron chi connectivity index (χ3n) is 2.36. The van der Waals surface area contributed by atoms with Crippen molar-refractivity contribution in [2.24, 2.45) is 0 Å². The van der Waals surface area contributed by atoms with E-state index in [-0.39, 0.29) is 5.69 Å². The van der Waals surface area contributed by atoms with E-state index in [2.05, 4.69) is 37.4 Å². The van der Waals surface area contributed by atoms with E-state index in [1.54, 1.807) is 0 Å². The van der Waals surface area contributed by atoms with Crippen molar-refractivity contribution in [3.8, 4) is 0 Å². The average Bonchev–Trinajstić information content (AvgIpc) is 2.72. The molecular weight excluding hydrogens is 232 g/mol.